The van der Waals surface area contributed by atoms with Crippen molar-refractivity contribution in [2.75, 3.05) is 12.8 Å². The molecule has 2 aromatic rings. The lowest BCUT2D eigenvalue weighted by Gasteiger charge is -2.13. The molecule has 0 amide bonds. The van der Waals surface area contributed by atoms with Crippen molar-refractivity contribution < 1.29 is 24.5 Å². The van der Waals surface area contributed by atoms with E-state index >= 15 is 0 Å². The molecule has 2 rings (SSSR count). The smallest absolute Gasteiger partial charge is 0.337 e. The number of phenolic OH excluding ortho intramolecular Hbond substituents is 1. The lowest BCUT2D eigenvalue weighted by molar-refractivity contribution is 0.0697. The zero-order valence-electron chi connectivity index (χ0n) is 11.4. The summed E-state index contributed by atoms with van der Waals surface area (Å²) in [5.41, 5.74) is 6.53. The molecule has 0 bridgehead atoms. The number of carbonyl (C=O) groups is 1. The Morgan fingerprint density at radius 3 is 2.43 bits per heavy atom. The van der Waals surface area contributed by atoms with Crippen LogP contribution in [0.2, 0.25) is 0 Å². The molecule has 0 fully saturated rings. The minimum absolute atomic E-state index is 0.0449. The van der Waals surface area contributed by atoms with Gasteiger partial charge in [-0.25, -0.2) is 4.79 Å². The number of carboxylic acids is 1. The van der Waals surface area contributed by atoms with Crippen molar-refractivity contribution in [1.82, 2.24) is 0 Å². The summed E-state index contributed by atoms with van der Waals surface area (Å²) in [4.78, 5) is 11.1. The number of methoxy groups -OCH3 is 1. The van der Waals surface area contributed by atoms with Crippen molar-refractivity contribution in [1.29, 1.82) is 0 Å². The molecule has 2 aromatic carbocycles. The van der Waals surface area contributed by atoms with Gasteiger partial charge in [0.05, 0.1) is 18.4 Å². The molecule has 6 nitrogen and oxygen atoms in total. The standard InChI is InChI=1S/C15H15NO5/c1-20-13-7-12(16)11(15(18)19)6-14(13)21-8-9-2-4-10(17)5-3-9/h2-7,17H,8,16H2,1H3,(H,18,19). The minimum Gasteiger partial charge on any atom is -0.508 e. The van der Waals surface area contributed by atoms with Gasteiger partial charge in [-0.15, -0.1) is 0 Å². The first-order chi connectivity index (χ1) is 10.0. The average molecular weight is 289 g/mol. The van der Waals surface area contributed by atoms with Gasteiger partial charge >= 0.3 is 5.97 Å². The predicted molar refractivity (Wildman–Crippen MR) is 76.8 cm³/mol. The number of aromatic carboxylic acids is 1. The maximum absolute atomic E-state index is 11.1. The number of ether oxygens (including phenoxy) is 2. The summed E-state index contributed by atoms with van der Waals surface area (Å²) in [6.07, 6.45) is 0. The van der Waals surface area contributed by atoms with Gasteiger partial charge in [0.2, 0.25) is 0 Å². The maximum Gasteiger partial charge on any atom is 0.337 e. The van der Waals surface area contributed by atoms with Gasteiger partial charge < -0.3 is 25.4 Å². The fourth-order valence-corrected chi connectivity index (χ4v) is 1.79. The highest BCUT2D eigenvalue weighted by atomic mass is 16.5. The van der Waals surface area contributed by atoms with E-state index < -0.39 is 5.97 Å². The summed E-state index contributed by atoms with van der Waals surface area (Å²) in [5.74, 6) is -0.324. The van der Waals surface area contributed by atoms with Crippen molar-refractivity contribution in [3.63, 3.8) is 0 Å². The molecule has 110 valence electrons. The van der Waals surface area contributed by atoms with Crippen molar-refractivity contribution in [2.24, 2.45) is 0 Å². The van der Waals surface area contributed by atoms with Gasteiger partial charge in [-0.1, -0.05) is 12.1 Å². The maximum atomic E-state index is 11.1. The van der Waals surface area contributed by atoms with Gasteiger partial charge in [0, 0.05) is 12.1 Å². The van der Waals surface area contributed by atoms with Crippen LogP contribution < -0.4 is 15.2 Å². The highest BCUT2D eigenvalue weighted by molar-refractivity contribution is 5.94. The van der Waals surface area contributed by atoms with Crippen molar-refractivity contribution in [2.45, 2.75) is 6.61 Å². The van der Waals surface area contributed by atoms with Gasteiger partial charge in [0.25, 0.3) is 0 Å². The van der Waals surface area contributed by atoms with Crippen LogP contribution >= 0.6 is 0 Å². The van der Waals surface area contributed by atoms with Crippen LogP contribution in [0.25, 0.3) is 0 Å². The Kier molecular flexibility index (Phi) is 4.18. The fraction of sp³-hybridized carbons (Fsp3) is 0.133. The molecule has 0 spiro atoms. The number of benzene rings is 2. The van der Waals surface area contributed by atoms with Gasteiger partial charge in [-0.05, 0) is 17.7 Å². The second kappa shape index (κ2) is 6.04. The van der Waals surface area contributed by atoms with Crippen molar-refractivity contribution in [3.8, 4) is 17.2 Å². The van der Waals surface area contributed by atoms with E-state index in [9.17, 15) is 9.90 Å². The molecule has 0 aliphatic rings. The lowest BCUT2D eigenvalue weighted by atomic mass is 10.1. The lowest BCUT2D eigenvalue weighted by Crippen LogP contribution is -2.05. The summed E-state index contributed by atoms with van der Waals surface area (Å²) >= 11 is 0. The van der Waals surface area contributed by atoms with Crippen LogP contribution in [0.4, 0.5) is 5.69 Å². The summed E-state index contributed by atoms with van der Waals surface area (Å²) in [7, 11) is 1.45. The molecule has 0 saturated heterocycles. The zero-order valence-corrected chi connectivity index (χ0v) is 11.4. The average Bonchev–Trinajstić information content (AvgIpc) is 2.46. The molecular formula is C15H15NO5. The number of hydrogen-bond acceptors (Lipinski definition) is 5. The second-order valence-electron chi connectivity index (χ2n) is 4.35. The van der Waals surface area contributed by atoms with Crippen LogP contribution in [0.3, 0.4) is 0 Å². The molecule has 0 atom stereocenters. The molecule has 0 heterocycles. The summed E-state index contributed by atoms with van der Waals surface area (Å²) in [6, 6.07) is 9.24. The van der Waals surface area contributed by atoms with E-state index in [1.54, 1.807) is 24.3 Å². The van der Waals surface area contributed by atoms with E-state index in [-0.39, 0.29) is 29.4 Å². The summed E-state index contributed by atoms with van der Waals surface area (Å²) < 4.78 is 10.7. The van der Waals surface area contributed by atoms with Crippen LogP contribution in [-0.2, 0) is 6.61 Å². The van der Waals surface area contributed by atoms with Gasteiger partial charge in [0.1, 0.15) is 12.4 Å². The number of carboxylic acid groups (broad SMARTS) is 1. The quantitative estimate of drug-likeness (QED) is 0.730. The van der Waals surface area contributed by atoms with E-state index in [1.165, 1.54) is 19.2 Å². The molecule has 6 heteroatoms. The summed E-state index contributed by atoms with van der Waals surface area (Å²) in [5, 5.41) is 18.3. The Balaban J connectivity index is 2.23. The number of anilines is 1. The normalized spacial score (nSPS) is 10.1. The van der Waals surface area contributed by atoms with Gasteiger partial charge in [-0.2, -0.15) is 0 Å². The Bertz CT molecular complexity index is 652. The minimum atomic E-state index is -1.13. The first kappa shape index (κ1) is 14.5. The molecule has 0 aromatic heterocycles. The van der Waals surface area contributed by atoms with Crippen LogP contribution in [0.15, 0.2) is 36.4 Å². The third-order valence-electron chi connectivity index (χ3n) is 2.90. The van der Waals surface area contributed by atoms with E-state index in [2.05, 4.69) is 0 Å². The highest BCUT2D eigenvalue weighted by Gasteiger charge is 2.14. The number of phenols is 1. The fourth-order valence-electron chi connectivity index (χ4n) is 1.79. The van der Waals surface area contributed by atoms with Crippen LogP contribution in [0, 0.1) is 0 Å². The molecule has 0 saturated carbocycles. The van der Waals surface area contributed by atoms with Gasteiger partial charge in [-0.3, -0.25) is 0 Å². The number of hydrogen-bond donors (Lipinski definition) is 3. The molecule has 0 aliphatic heterocycles. The number of nitrogen functional groups attached to an aromatic ring is 1. The monoisotopic (exact) mass is 289 g/mol. The number of aromatic hydroxyl groups is 1. The topological polar surface area (TPSA) is 102 Å². The Labute approximate surface area is 121 Å². The predicted octanol–water partition coefficient (Wildman–Crippen LogP) is 2.26. The number of rotatable bonds is 5. The summed E-state index contributed by atoms with van der Waals surface area (Å²) in [6.45, 7) is 0.208. The molecule has 0 aliphatic carbocycles. The van der Waals surface area contributed by atoms with Crippen LogP contribution in [-0.4, -0.2) is 23.3 Å². The molecule has 0 radical (unpaired) electrons. The van der Waals surface area contributed by atoms with Crippen molar-refractivity contribution >= 4 is 11.7 Å². The first-order valence-electron chi connectivity index (χ1n) is 6.12. The molecule has 4 N–H and O–H groups in total. The third-order valence-corrected chi connectivity index (χ3v) is 2.90. The second-order valence-corrected chi connectivity index (χ2v) is 4.35. The zero-order chi connectivity index (χ0) is 15.4. The van der Waals surface area contributed by atoms with Crippen LogP contribution in [0.1, 0.15) is 15.9 Å². The van der Waals surface area contributed by atoms with Crippen LogP contribution in [0.5, 0.6) is 17.2 Å². The SMILES string of the molecule is COc1cc(N)c(C(=O)O)cc1OCc1ccc(O)cc1. The largest absolute Gasteiger partial charge is 0.508 e. The Morgan fingerprint density at radius 1 is 1.19 bits per heavy atom. The van der Waals surface area contributed by atoms with E-state index in [0.29, 0.717) is 5.75 Å². The van der Waals surface area contributed by atoms with E-state index in [4.69, 9.17) is 20.3 Å². The Hall–Kier alpha value is -2.89. The molecule has 0 unspecified atom stereocenters. The molecule has 21 heavy (non-hydrogen) atoms. The Morgan fingerprint density at radius 2 is 1.86 bits per heavy atom. The van der Waals surface area contributed by atoms with E-state index in [0.717, 1.165) is 5.56 Å². The third kappa shape index (κ3) is 3.36. The van der Waals surface area contributed by atoms with E-state index in [1.807, 2.05) is 0 Å². The number of nitrogens with two attached hydrogens (primary N) is 1. The highest BCUT2D eigenvalue weighted by Crippen LogP contribution is 2.32. The molecular weight excluding hydrogens is 274 g/mol. The van der Waals surface area contributed by atoms with Crippen molar-refractivity contribution in [3.05, 3.63) is 47.5 Å². The van der Waals surface area contributed by atoms with Gasteiger partial charge in [0.15, 0.2) is 11.5 Å². The first-order valence-corrected chi connectivity index (χ1v) is 6.12.